The third kappa shape index (κ3) is 5.76. The number of hydroxylamine groups is 1. The second-order valence-electron chi connectivity index (χ2n) is 9.30. The number of hydrogen-bond donors (Lipinski definition) is 3. The van der Waals surface area contributed by atoms with E-state index in [4.69, 9.17) is 4.74 Å². The number of anilines is 1. The van der Waals surface area contributed by atoms with E-state index >= 15 is 0 Å². The highest BCUT2D eigenvalue weighted by Crippen LogP contribution is 2.34. The molecule has 3 fully saturated rings. The molecule has 3 atom stereocenters. The minimum atomic E-state index is -0.729. The van der Waals surface area contributed by atoms with Crippen molar-refractivity contribution in [2.24, 2.45) is 11.8 Å². The molecule has 3 N–H and O–H groups in total. The molecule has 0 spiro atoms. The van der Waals surface area contributed by atoms with Crippen molar-refractivity contribution in [1.82, 2.24) is 15.7 Å². The van der Waals surface area contributed by atoms with E-state index in [0.717, 1.165) is 44.5 Å². The Morgan fingerprint density at radius 2 is 1.61 bits per heavy atom. The van der Waals surface area contributed by atoms with Crippen LogP contribution in [0.3, 0.4) is 0 Å². The first-order valence-corrected chi connectivity index (χ1v) is 12.0. The lowest BCUT2D eigenvalue weighted by atomic mass is 9.76. The molecule has 1 heterocycles. The number of carbonyl (C=O) groups is 3. The van der Waals surface area contributed by atoms with Gasteiger partial charge in [-0.15, -0.1) is 0 Å². The number of hydrogen-bond acceptors (Lipinski definition) is 6. The van der Waals surface area contributed by atoms with Crippen LogP contribution in [0.4, 0.5) is 10.5 Å². The van der Waals surface area contributed by atoms with E-state index in [1.54, 1.807) is 5.48 Å². The topological polar surface area (TPSA) is 111 Å². The Bertz CT molecular complexity index is 821. The molecular weight excluding hydrogens is 424 g/mol. The summed E-state index contributed by atoms with van der Waals surface area (Å²) in [6.07, 6.45) is 4.42. The highest BCUT2D eigenvalue weighted by molar-refractivity contribution is 5.87. The molecule has 2 saturated carbocycles. The summed E-state index contributed by atoms with van der Waals surface area (Å²) in [5.74, 6) is -1.92. The van der Waals surface area contributed by atoms with E-state index in [9.17, 15) is 19.6 Å². The lowest BCUT2D eigenvalue weighted by Crippen LogP contribution is -2.53. The van der Waals surface area contributed by atoms with Gasteiger partial charge in [-0.05, 0) is 44.2 Å². The molecule has 1 aliphatic heterocycles. The van der Waals surface area contributed by atoms with Crippen molar-refractivity contribution in [1.29, 1.82) is 0 Å². The van der Waals surface area contributed by atoms with E-state index < -0.39 is 29.9 Å². The first-order valence-electron chi connectivity index (χ1n) is 12.0. The Hall–Kier alpha value is -2.81. The molecule has 1 aromatic carbocycles. The van der Waals surface area contributed by atoms with E-state index in [-0.39, 0.29) is 18.4 Å². The van der Waals surface area contributed by atoms with Crippen molar-refractivity contribution in [2.75, 3.05) is 31.1 Å². The number of alkyl carbamates (subject to hydrolysis) is 1. The maximum absolute atomic E-state index is 13.3. The normalized spacial score (nSPS) is 26.0. The van der Waals surface area contributed by atoms with Gasteiger partial charge in [0.15, 0.2) is 0 Å². The average molecular weight is 459 g/mol. The Labute approximate surface area is 194 Å². The average Bonchev–Trinajstić information content (AvgIpc) is 3.36. The van der Waals surface area contributed by atoms with Gasteiger partial charge in [-0.1, -0.05) is 31.0 Å². The maximum Gasteiger partial charge on any atom is 0.407 e. The summed E-state index contributed by atoms with van der Waals surface area (Å²) >= 11 is 0. The highest BCUT2D eigenvalue weighted by Gasteiger charge is 2.42. The molecule has 4 rings (SSSR count). The molecule has 0 aromatic heterocycles. The summed E-state index contributed by atoms with van der Waals surface area (Å²) in [4.78, 5) is 42.0. The van der Waals surface area contributed by atoms with Gasteiger partial charge in [0.05, 0.1) is 11.8 Å². The Kier molecular flexibility index (Phi) is 7.69. The summed E-state index contributed by atoms with van der Waals surface area (Å²) in [7, 11) is 0. The molecule has 0 unspecified atom stereocenters. The van der Waals surface area contributed by atoms with E-state index in [1.165, 1.54) is 0 Å². The number of nitrogens with zero attached hydrogens (tertiary/aromatic N) is 2. The number of piperazine rings is 1. The summed E-state index contributed by atoms with van der Waals surface area (Å²) < 4.78 is 5.57. The number of amides is 3. The van der Waals surface area contributed by atoms with Gasteiger partial charge in [-0.25, -0.2) is 10.3 Å². The van der Waals surface area contributed by atoms with Crippen LogP contribution in [0.5, 0.6) is 0 Å². The van der Waals surface area contributed by atoms with Crippen LogP contribution >= 0.6 is 0 Å². The van der Waals surface area contributed by atoms with Crippen LogP contribution in [0.2, 0.25) is 0 Å². The van der Waals surface area contributed by atoms with E-state index in [2.05, 4.69) is 22.3 Å². The molecule has 33 heavy (non-hydrogen) atoms. The SMILES string of the molecule is O=C(NC1CCCC1)O[C@@H]1CC[C@H](C(=O)N2CCN(c3ccccc3)CC2)[C@@H](C(=O)NO)C1. The number of rotatable bonds is 5. The molecule has 9 nitrogen and oxygen atoms in total. The highest BCUT2D eigenvalue weighted by atomic mass is 16.6. The van der Waals surface area contributed by atoms with Crippen molar-refractivity contribution in [3.63, 3.8) is 0 Å². The zero-order chi connectivity index (χ0) is 23.2. The standard InChI is InChI=1S/C24H34N4O5/c29-22(26-32)21-16-19(33-24(31)25-17-6-4-5-7-17)10-11-20(21)23(30)28-14-12-27(13-15-28)18-8-2-1-3-9-18/h1-3,8-9,17,19-21,32H,4-7,10-16H2,(H,25,31)(H,26,29)/t19-,20+,21+/m1/s1. The van der Waals surface area contributed by atoms with Crippen LogP contribution in [0.15, 0.2) is 30.3 Å². The van der Waals surface area contributed by atoms with Gasteiger partial charge >= 0.3 is 6.09 Å². The number of benzene rings is 1. The third-order valence-corrected chi connectivity index (χ3v) is 7.23. The minimum Gasteiger partial charge on any atom is -0.446 e. The molecule has 1 saturated heterocycles. The van der Waals surface area contributed by atoms with Gasteiger partial charge in [0, 0.05) is 37.9 Å². The number of nitrogens with one attached hydrogen (secondary N) is 2. The van der Waals surface area contributed by atoms with Crippen molar-refractivity contribution in [3.05, 3.63) is 30.3 Å². The molecule has 9 heteroatoms. The van der Waals surface area contributed by atoms with Crippen LogP contribution < -0.4 is 15.7 Å². The lowest BCUT2D eigenvalue weighted by molar-refractivity contribution is -0.149. The fourth-order valence-electron chi connectivity index (χ4n) is 5.39. The molecule has 3 aliphatic rings. The number of para-hydroxylation sites is 1. The zero-order valence-electron chi connectivity index (χ0n) is 18.9. The number of carbonyl (C=O) groups excluding carboxylic acids is 3. The van der Waals surface area contributed by atoms with Gasteiger partial charge in [-0.2, -0.15) is 0 Å². The molecule has 1 aromatic rings. The first kappa shape index (κ1) is 23.4. The second kappa shape index (κ2) is 10.9. The number of ether oxygens (including phenoxy) is 1. The second-order valence-corrected chi connectivity index (χ2v) is 9.30. The van der Waals surface area contributed by atoms with E-state index in [0.29, 0.717) is 25.9 Å². The summed E-state index contributed by atoms with van der Waals surface area (Å²) in [5, 5.41) is 12.2. The van der Waals surface area contributed by atoms with Gasteiger partial charge in [0.25, 0.3) is 0 Å². The van der Waals surface area contributed by atoms with Crippen molar-refractivity contribution in [2.45, 2.75) is 57.1 Å². The predicted molar refractivity (Wildman–Crippen MR) is 122 cm³/mol. The van der Waals surface area contributed by atoms with Crippen molar-refractivity contribution in [3.8, 4) is 0 Å². The van der Waals surface area contributed by atoms with Crippen molar-refractivity contribution < 1.29 is 24.3 Å². The third-order valence-electron chi connectivity index (χ3n) is 7.23. The fourth-order valence-corrected chi connectivity index (χ4v) is 5.39. The molecule has 3 amide bonds. The molecule has 0 bridgehead atoms. The Morgan fingerprint density at radius 1 is 0.909 bits per heavy atom. The van der Waals surface area contributed by atoms with Crippen LogP contribution in [0, 0.1) is 11.8 Å². The van der Waals surface area contributed by atoms with Crippen molar-refractivity contribution >= 4 is 23.6 Å². The lowest BCUT2D eigenvalue weighted by Gasteiger charge is -2.40. The summed E-state index contributed by atoms with van der Waals surface area (Å²) in [5.41, 5.74) is 2.84. The largest absolute Gasteiger partial charge is 0.446 e. The molecule has 0 radical (unpaired) electrons. The van der Waals surface area contributed by atoms with Gasteiger partial charge in [0.1, 0.15) is 6.10 Å². The van der Waals surface area contributed by atoms with Crippen LogP contribution in [0.25, 0.3) is 0 Å². The maximum atomic E-state index is 13.3. The fraction of sp³-hybridized carbons (Fsp3) is 0.625. The monoisotopic (exact) mass is 458 g/mol. The predicted octanol–water partition coefficient (Wildman–Crippen LogP) is 2.29. The Morgan fingerprint density at radius 3 is 2.27 bits per heavy atom. The zero-order valence-corrected chi connectivity index (χ0v) is 18.9. The van der Waals surface area contributed by atoms with Crippen LogP contribution in [-0.2, 0) is 14.3 Å². The van der Waals surface area contributed by atoms with Gasteiger partial charge in [0.2, 0.25) is 11.8 Å². The summed E-state index contributed by atoms with van der Waals surface area (Å²) in [6.45, 7) is 2.63. The smallest absolute Gasteiger partial charge is 0.407 e. The van der Waals surface area contributed by atoms with Crippen LogP contribution in [0.1, 0.15) is 44.9 Å². The molecular formula is C24H34N4O5. The van der Waals surface area contributed by atoms with Gasteiger partial charge < -0.3 is 19.9 Å². The van der Waals surface area contributed by atoms with Gasteiger partial charge in [-0.3, -0.25) is 14.8 Å². The minimum absolute atomic E-state index is 0.0647. The molecule has 180 valence electrons. The quantitative estimate of drug-likeness (QED) is 0.461. The summed E-state index contributed by atoms with van der Waals surface area (Å²) in [6, 6.07) is 10.3. The Balaban J connectivity index is 1.32. The van der Waals surface area contributed by atoms with Crippen LogP contribution in [-0.4, -0.2) is 66.3 Å². The first-order chi connectivity index (χ1) is 16.0. The molecule has 2 aliphatic carbocycles. The van der Waals surface area contributed by atoms with E-state index in [1.807, 2.05) is 23.1 Å².